The highest BCUT2D eigenvalue weighted by Crippen LogP contribution is 2.22. The van der Waals surface area contributed by atoms with Gasteiger partial charge in [0.15, 0.2) is 0 Å². The largest absolute Gasteiger partial charge is 0.497 e. The Hall–Kier alpha value is -2.04. The molecule has 5 heteroatoms. The van der Waals surface area contributed by atoms with Crippen molar-refractivity contribution >= 4 is 11.8 Å². The van der Waals surface area contributed by atoms with Gasteiger partial charge in [0.1, 0.15) is 5.75 Å². The number of carbonyl (C=O) groups is 2. The van der Waals surface area contributed by atoms with E-state index in [1.807, 2.05) is 31.2 Å². The van der Waals surface area contributed by atoms with E-state index in [9.17, 15) is 9.59 Å². The number of likely N-dealkylation sites (tertiary alicyclic amines) is 1. The fraction of sp³-hybridized carbons (Fsp3) is 0.500. The van der Waals surface area contributed by atoms with E-state index in [0.29, 0.717) is 6.54 Å². The number of aryl methyl sites for hydroxylation is 1. The number of hydrogen-bond donors (Lipinski definition) is 1. The number of nitrogens with two attached hydrogens (primary N) is 1. The number of methoxy groups -OCH3 is 1. The van der Waals surface area contributed by atoms with Gasteiger partial charge in [0, 0.05) is 19.0 Å². The Kier molecular flexibility index (Phi) is 4.83. The molecule has 2 unspecified atom stereocenters. The third kappa shape index (κ3) is 3.74. The first kappa shape index (κ1) is 15.4. The molecule has 1 aromatic carbocycles. The Morgan fingerprint density at radius 3 is 2.62 bits per heavy atom. The summed E-state index contributed by atoms with van der Waals surface area (Å²) in [5.74, 6) is 0.154. The van der Waals surface area contributed by atoms with Crippen molar-refractivity contribution in [3.63, 3.8) is 0 Å². The van der Waals surface area contributed by atoms with Gasteiger partial charge in [0.25, 0.3) is 0 Å². The van der Waals surface area contributed by atoms with Crippen molar-refractivity contribution < 1.29 is 14.3 Å². The van der Waals surface area contributed by atoms with Crippen LogP contribution in [0.4, 0.5) is 0 Å². The van der Waals surface area contributed by atoms with E-state index in [2.05, 4.69) is 0 Å². The summed E-state index contributed by atoms with van der Waals surface area (Å²) < 4.78 is 5.13. The van der Waals surface area contributed by atoms with Gasteiger partial charge in [-0.2, -0.15) is 0 Å². The quantitative estimate of drug-likeness (QED) is 0.859. The molecule has 1 saturated heterocycles. The van der Waals surface area contributed by atoms with Crippen molar-refractivity contribution in [3.8, 4) is 5.75 Å². The van der Waals surface area contributed by atoms with Crippen LogP contribution >= 0.6 is 0 Å². The van der Waals surface area contributed by atoms with Gasteiger partial charge in [-0.1, -0.05) is 12.1 Å². The number of benzene rings is 1. The van der Waals surface area contributed by atoms with Gasteiger partial charge in [-0.15, -0.1) is 0 Å². The predicted octanol–water partition coefficient (Wildman–Crippen LogP) is 1.35. The van der Waals surface area contributed by atoms with Crippen LogP contribution in [0, 0.1) is 5.92 Å². The Morgan fingerprint density at radius 1 is 1.43 bits per heavy atom. The summed E-state index contributed by atoms with van der Waals surface area (Å²) in [6, 6.07) is 8.05. The van der Waals surface area contributed by atoms with Crippen LogP contribution < -0.4 is 10.5 Å². The zero-order valence-electron chi connectivity index (χ0n) is 12.5. The molecular formula is C16H22N2O3. The van der Waals surface area contributed by atoms with Gasteiger partial charge in [-0.3, -0.25) is 9.59 Å². The molecule has 114 valence electrons. The van der Waals surface area contributed by atoms with E-state index in [-0.39, 0.29) is 30.2 Å². The van der Waals surface area contributed by atoms with Crippen molar-refractivity contribution in [1.29, 1.82) is 0 Å². The van der Waals surface area contributed by atoms with Gasteiger partial charge in [-0.25, -0.2) is 0 Å². The summed E-state index contributed by atoms with van der Waals surface area (Å²) >= 11 is 0. The Bertz CT molecular complexity index is 513. The van der Waals surface area contributed by atoms with Gasteiger partial charge >= 0.3 is 0 Å². The van der Waals surface area contributed by atoms with Crippen LogP contribution in [0.3, 0.4) is 0 Å². The zero-order valence-corrected chi connectivity index (χ0v) is 12.5. The fourth-order valence-corrected chi connectivity index (χ4v) is 2.67. The molecule has 0 aliphatic carbocycles. The molecule has 1 heterocycles. The Morgan fingerprint density at radius 2 is 2.10 bits per heavy atom. The second-order valence-corrected chi connectivity index (χ2v) is 5.59. The topological polar surface area (TPSA) is 72.6 Å². The standard InChI is InChI=1S/C16H22N2O3/c1-11(18-10-13(16(17)20)9-15(18)19)3-4-12-5-7-14(21-2)8-6-12/h5-8,11,13H,3-4,9-10H2,1-2H3,(H2,17,20). The highest BCUT2D eigenvalue weighted by molar-refractivity contribution is 5.88. The Labute approximate surface area is 125 Å². The van der Waals surface area contributed by atoms with Crippen LogP contribution in [0.5, 0.6) is 5.75 Å². The van der Waals surface area contributed by atoms with E-state index in [1.165, 1.54) is 5.56 Å². The molecule has 2 rings (SSSR count). The average Bonchev–Trinajstić information content (AvgIpc) is 2.87. The predicted molar refractivity (Wildman–Crippen MR) is 79.8 cm³/mol. The van der Waals surface area contributed by atoms with E-state index in [1.54, 1.807) is 12.0 Å². The average molecular weight is 290 g/mol. The van der Waals surface area contributed by atoms with Crippen molar-refractivity contribution in [2.45, 2.75) is 32.2 Å². The second-order valence-electron chi connectivity index (χ2n) is 5.59. The fourth-order valence-electron chi connectivity index (χ4n) is 2.67. The molecular weight excluding hydrogens is 268 g/mol. The summed E-state index contributed by atoms with van der Waals surface area (Å²) in [5.41, 5.74) is 6.49. The lowest BCUT2D eigenvalue weighted by Gasteiger charge is -2.24. The van der Waals surface area contributed by atoms with Crippen LogP contribution in [0.15, 0.2) is 24.3 Å². The first-order valence-corrected chi connectivity index (χ1v) is 7.23. The van der Waals surface area contributed by atoms with E-state index < -0.39 is 0 Å². The summed E-state index contributed by atoms with van der Waals surface area (Å²) in [6.07, 6.45) is 2.00. The van der Waals surface area contributed by atoms with Crippen LogP contribution in [0.25, 0.3) is 0 Å². The third-order valence-corrected chi connectivity index (χ3v) is 4.10. The van der Waals surface area contributed by atoms with Crippen molar-refractivity contribution in [1.82, 2.24) is 4.90 Å². The Balaban J connectivity index is 1.88. The van der Waals surface area contributed by atoms with Crippen molar-refractivity contribution in [2.24, 2.45) is 11.7 Å². The molecule has 0 spiro atoms. The molecule has 0 aromatic heterocycles. The van der Waals surface area contributed by atoms with Gasteiger partial charge < -0.3 is 15.4 Å². The van der Waals surface area contributed by atoms with Crippen molar-refractivity contribution in [3.05, 3.63) is 29.8 Å². The molecule has 1 fully saturated rings. The molecule has 0 bridgehead atoms. The van der Waals surface area contributed by atoms with E-state index in [4.69, 9.17) is 10.5 Å². The van der Waals surface area contributed by atoms with Crippen LogP contribution in [0.1, 0.15) is 25.3 Å². The summed E-state index contributed by atoms with van der Waals surface area (Å²) in [6.45, 7) is 2.47. The van der Waals surface area contributed by atoms with Gasteiger partial charge in [0.2, 0.25) is 11.8 Å². The summed E-state index contributed by atoms with van der Waals surface area (Å²) in [4.78, 5) is 24.9. The summed E-state index contributed by atoms with van der Waals surface area (Å²) in [5, 5.41) is 0. The van der Waals surface area contributed by atoms with E-state index >= 15 is 0 Å². The number of primary amides is 1. The third-order valence-electron chi connectivity index (χ3n) is 4.10. The number of rotatable bonds is 6. The maximum absolute atomic E-state index is 11.9. The number of nitrogens with zero attached hydrogens (tertiary/aromatic N) is 1. The number of amides is 2. The van der Waals surface area contributed by atoms with E-state index in [0.717, 1.165) is 18.6 Å². The molecule has 1 aromatic rings. The SMILES string of the molecule is COc1ccc(CCC(C)N2CC(C(N)=O)CC2=O)cc1. The molecule has 0 saturated carbocycles. The lowest BCUT2D eigenvalue weighted by molar-refractivity contribution is -0.130. The molecule has 2 amide bonds. The molecule has 21 heavy (non-hydrogen) atoms. The molecule has 0 radical (unpaired) electrons. The minimum atomic E-state index is -0.381. The lowest BCUT2D eigenvalue weighted by Crippen LogP contribution is -2.36. The highest BCUT2D eigenvalue weighted by atomic mass is 16.5. The first-order chi connectivity index (χ1) is 10.0. The van der Waals surface area contributed by atoms with Gasteiger partial charge in [0.05, 0.1) is 13.0 Å². The first-order valence-electron chi connectivity index (χ1n) is 7.23. The maximum atomic E-state index is 11.9. The normalized spacial score (nSPS) is 19.6. The number of ether oxygens (including phenoxy) is 1. The van der Waals surface area contributed by atoms with Crippen LogP contribution in [-0.4, -0.2) is 36.4 Å². The van der Waals surface area contributed by atoms with Crippen LogP contribution in [-0.2, 0) is 16.0 Å². The maximum Gasteiger partial charge on any atom is 0.223 e. The highest BCUT2D eigenvalue weighted by Gasteiger charge is 2.35. The van der Waals surface area contributed by atoms with Gasteiger partial charge in [-0.05, 0) is 37.5 Å². The lowest BCUT2D eigenvalue weighted by atomic mass is 10.1. The zero-order chi connectivity index (χ0) is 15.4. The minimum absolute atomic E-state index is 0.0287. The molecule has 1 aliphatic rings. The van der Waals surface area contributed by atoms with Crippen LogP contribution in [0.2, 0.25) is 0 Å². The van der Waals surface area contributed by atoms with Crippen molar-refractivity contribution in [2.75, 3.05) is 13.7 Å². The number of hydrogen-bond acceptors (Lipinski definition) is 3. The monoisotopic (exact) mass is 290 g/mol. The molecule has 2 N–H and O–H groups in total. The second kappa shape index (κ2) is 6.61. The molecule has 1 aliphatic heterocycles. The summed E-state index contributed by atoms with van der Waals surface area (Å²) in [7, 11) is 1.64. The number of carbonyl (C=O) groups excluding carboxylic acids is 2. The smallest absolute Gasteiger partial charge is 0.223 e. The minimum Gasteiger partial charge on any atom is -0.497 e. The molecule has 5 nitrogen and oxygen atoms in total. The molecule has 2 atom stereocenters.